The third-order valence-corrected chi connectivity index (χ3v) is 6.50. The Morgan fingerprint density at radius 1 is 1.07 bits per heavy atom. The number of carbonyl (C=O) groups is 1. The van der Waals surface area contributed by atoms with E-state index in [0.717, 1.165) is 32.7 Å². The smallest absolute Gasteiger partial charge is 0.266 e. The van der Waals surface area contributed by atoms with Crippen molar-refractivity contribution in [1.82, 2.24) is 14.3 Å². The first-order chi connectivity index (χ1) is 14.2. The highest BCUT2D eigenvalue weighted by atomic mass is 32.1. The van der Waals surface area contributed by atoms with E-state index in [1.807, 2.05) is 17.0 Å². The van der Waals surface area contributed by atoms with Gasteiger partial charge in [-0.3, -0.25) is 14.0 Å². The third kappa shape index (κ3) is 3.43. The number of amides is 1. The number of quaternary nitrogens is 1. The zero-order chi connectivity index (χ0) is 19.8. The van der Waals surface area contributed by atoms with Crippen molar-refractivity contribution in [2.75, 3.05) is 26.2 Å². The van der Waals surface area contributed by atoms with Gasteiger partial charge in [0.15, 0.2) is 0 Å². The largest absolute Gasteiger partial charge is 0.328 e. The van der Waals surface area contributed by atoms with E-state index in [0.29, 0.717) is 20.7 Å². The summed E-state index contributed by atoms with van der Waals surface area (Å²) in [6.07, 6.45) is 1.71. The van der Waals surface area contributed by atoms with Crippen LogP contribution in [0.5, 0.6) is 0 Å². The maximum Gasteiger partial charge on any atom is 0.266 e. The molecule has 4 heterocycles. The van der Waals surface area contributed by atoms with Crippen LogP contribution in [0.15, 0.2) is 65.6 Å². The maximum absolute atomic E-state index is 13.0. The van der Waals surface area contributed by atoms with E-state index in [1.54, 1.807) is 24.4 Å². The van der Waals surface area contributed by atoms with E-state index < -0.39 is 0 Å². The average molecular weight is 406 g/mol. The number of hydrogen-bond acceptors (Lipinski definition) is 4. The van der Waals surface area contributed by atoms with Crippen LogP contribution in [0.4, 0.5) is 0 Å². The van der Waals surface area contributed by atoms with E-state index in [1.165, 1.54) is 26.2 Å². The van der Waals surface area contributed by atoms with Gasteiger partial charge in [0.05, 0.1) is 36.4 Å². The molecule has 0 radical (unpaired) electrons. The lowest BCUT2D eigenvalue weighted by Gasteiger charge is -2.32. The number of piperazine rings is 1. The zero-order valence-corrected chi connectivity index (χ0v) is 16.7. The van der Waals surface area contributed by atoms with Crippen LogP contribution >= 0.6 is 11.3 Å². The molecule has 4 aromatic rings. The van der Waals surface area contributed by atoms with Crippen LogP contribution in [0, 0.1) is 0 Å². The Hall–Kier alpha value is -3.03. The molecule has 29 heavy (non-hydrogen) atoms. The number of aromatic nitrogens is 2. The molecule has 0 bridgehead atoms. The molecule has 1 aromatic carbocycles. The number of carbonyl (C=O) groups excluding carboxylic acids is 1. The van der Waals surface area contributed by atoms with Gasteiger partial charge in [0, 0.05) is 11.8 Å². The fourth-order valence-electron chi connectivity index (χ4n) is 3.90. The van der Waals surface area contributed by atoms with Gasteiger partial charge in [0.2, 0.25) is 0 Å². The lowest BCUT2D eigenvalue weighted by atomic mass is 10.2. The van der Waals surface area contributed by atoms with Crippen molar-refractivity contribution >= 4 is 33.1 Å². The van der Waals surface area contributed by atoms with Crippen LogP contribution in [-0.4, -0.2) is 46.4 Å². The first-order valence-corrected chi connectivity index (χ1v) is 10.6. The first kappa shape index (κ1) is 18.0. The van der Waals surface area contributed by atoms with Gasteiger partial charge in [-0.15, -0.1) is 11.3 Å². The summed E-state index contributed by atoms with van der Waals surface area (Å²) in [5.74, 6) is 0.000201. The molecule has 0 spiro atoms. The molecule has 1 amide bonds. The Morgan fingerprint density at radius 2 is 1.83 bits per heavy atom. The van der Waals surface area contributed by atoms with Gasteiger partial charge in [-0.2, -0.15) is 0 Å². The molecule has 1 N–H and O–H groups in total. The Balaban J connectivity index is 1.33. The van der Waals surface area contributed by atoms with Gasteiger partial charge in [0.1, 0.15) is 17.0 Å². The molecule has 1 saturated heterocycles. The highest BCUT2D eigenvalue weighted by Gasteiger charge is 2.26. The molecule has 5 rings (SSSR count). The summed E-state index contributed by atoms with van der Waals surface area (Å²) in [5, 5.41) is 0.510. The molecule has 1 fully saturated rings. The minimum absolute atomic E-state index is 0.000201. The van der Waals surface area contributed by atoms with Crippen molar-refractivity contribution in [1.29, 1.82) is 0 Å². The van der Waals surface area contributed by atoms with E-state index >= 15 is 0 Å². The maximum atomic E-state index is 13.0. The SMILES string of the molecule is O=C(c1cc2c(=O)n3ccccc3nc2s1)N1CC[NH+](Cc2ccccc2)CC1. The van der Waals surface area contributed by atoms with Crippen LogP contribution in [0.1, 0.15) is 15.2 Å². The topological polar surface area (TPSA) is 59.1 Å². The van der Waals surface area contributed by atoms with Crippen molar-refractivity contribution in [2.45, 2.75) is 6.54 Å². The molecular weight excluding hydrogens is 384 g/mol. The van der Waals surface area contributed by atoms with E-state index in [9.17, 15) is 9.59 Å². The number of thiophene rings is 1. The first-order valence-electron chi connectivity index (χ1n) is 9.77. The van der Waals surface area contributed by atoms with Crippen LogP contribution in [-0.2, 0) is 6.54 Å². The van der Waals surface area contributed by atoms with Crippen molar-refractivity contribution in [2.24, 2.45) is 0 Å². The minimum atomic E-state index is -0.127. The molecule has 1 aliphatic heterocycles. The second-order valence-corrected chi connectivity index (χ2v) is 8.41. The normalized spacial score (nSPS) is 15.2. The quantitative estimate of drug-likeness (QED) is 0.561. The number of benzene rings is 1. The summed E-state index contributed by atoms with van der Waals surface area (Å²) in [4.78, 5) is 34.9. The highest BCUT2D eigenvalue weighted by molar-refractivity contribution is 7.20. The summed E-state index contributed by atoms with van der Waals surface area (Å²) >= 11 is 1.31. The molecule has 0 saturated carbocycles. The van der Waals surface area contributed by atoms with Gasteiger partial charge in [0.25, 0.3) is 11.5 Å². The summed E-state index contributed by atoms with van der Waals surface area (Å²) < 4.78 is 1.52. The second kappa shape index (κ2) is 7.42. The number of nitrogens with one attached hydrogen (secondary N) is 1. The second-order valence-electron chi connectivity index (χ2n) is 7.38. The van der Waals surface area contributed by atoms with Gasteiger partial charge >= 0.3 is 0 Å². The van der Waals surface area contributed by atoms with Gasteiger partial charge in [-0.1, -0.05) is 36.4 Å². The van der Waals surface area contributed by atoms with E-state index in [-0.39, 0.29) is 11.5 Å². The molecule has 3 aromatic heterocycles. The molecule has 6 nitrogen and oxygen atoms in total. The van der Waals surface area contributed by atoms with Gasteiger partial charge in [-0.25, -0.2) is 4.98 Å². The molecule has 0 aliphatic carbocycles. The fraction of sp³-hybridized carbons (Fsp3) is 0.227. The van der Waals surface area contributed by atoms with Gasteiger partial charge < -0.3 is 9.80 Å². The Labute approximate surface area is 171 Å². The van der Waals surface area contributed by atoms with Crippen LogP contribution < -0.4 is 10.5 Å². The standard InChI is InChI=1S/C22H20N4O2S/c27-21-17-14-18(29-20(17)23-19-8-4-5-9-26(19)21)22(28)25-12-10-24(11-13-25)15-16-6-2-1-3-7-16/h1-9,14H,10-13,15H2/p+1. The zero-order valence-electron chi connectivity index (χ0n) is 15.9. The number of hydrogen-bond donors (Lipinski definition) is 1. The monoisotopic (exact) mass is 405 g/mol. The summed E-state index contributed by atoms with van der Waals surface area (Å²) in [6.45, 7) is 4.29. The van der Waals surface area contributed by atoms with E-state index in [2.05, 4.69) is 29.2 Å². The van der Waals surface area contributed by atoms with Crippen molar-refractivity contribution in [3.8, 4) is 0 Å². The Morgan fingerprint density at radius 3 is 2.62 bits per heavy atom. The highest BCUT2D eigenvalue weighted by Crippen LogP contribution is 2.23. The molecule has 146 valence electrons. The third-order valence-electron chi connectivity index (χ3n) is 5.48. The number of rotatable bonds is 3. The van der Waals surface area contributed by atoms with Crippen molar-refractivity contribution < 1.29 is 9.69 Å². The van der Waals surface area contributed by atoms with Crippen molar-refractivity contribution in [3.05, 3.63) is 81.6 Å². The van der Waals surface area contributed by atoms with Crippen LogP contribution in [0.2, 0.25) is 0 Å². The molecule has 7 heteroatoms. The Bertz CT molecular complexity index is 1240. The summed E-state index contributed by atoms with van der Waals surface area (Å²) in [7, 11) is 0. The predicted molar refractivity (Wildman–Crippen MR) is 114 cm³/mol. The van der Waals surface area contributed by atoms with Crippen molar-refractivity contribution in [3.63, 3.8) is 0 Å². The average Bonchev–Trinajstić information content (AvgIpc) is 3.19. The molecule has 0 unspecified atom stereocenters. The Kier molecular flexibility index (Phi) is 4.61. The van der Waals surface area contributed by atoms with E-state index in [4.69, 9.17) is 0 Å². The summed E-state index contributed by atoms with van der Waals surface area (Å²) in [6, 6.07) is 17.6. The minimum Gasteiger partial charge on any atom is -0.328 e. The molecular formula is C22H21N4O2S+. The number of pyridine rings is 1. The lowest BCUT2D eigenvalue weighted by Crippen LogP contribution is -3.13. The van der Waals surface area contributed by atoms with Crippen LogP contribution in [0.3, 0.4) is 0 Å². The summed E-state index contributed by atoms with van der Waals surface area (Å²) in [5.41, 5.74) is 1.80. The fourth-order valence-corrected chi connectivity index (χ4v) is 4.89. The van der Waals surface area contributed by atoms with Crippen LogP contribution in [0.25, 0.3) is 15.9 Å². The predicted octanol–water partition coefficient (Wildman–Crippen LogP) is 1.45. The molecule has 1 aliphatic rings. The molecule has 0 atom stereocenters. The number of nitrogens with zero attached hydrogens (tertiary/aromatic N) is 3. The van der Waals surface area contributed by atoms with Gasteiger partial charge in [-0.05, 0) is 18.2 Å². The number of fused-ring (bicyclic) bond motifs is 2. The lowest BCUT2D eigenvalue weighted by molar-refractivity contribution is -0.917.